The molecule has 1 atom stereocenters. The summed E-state index contributed by atoms with van der Waals surface area (Å²) >= 11 is 0. The maximum absolute atomic E-state index is 9.69. The van der Waals surface area contributed by atoms with E-state index >= 15 is 0 Å². The van der Waals surface area contributed by atoms with Crippen LogP contribution in [0, 0.1) is 5.92 Å². The summed E-state index contributed by atoms with van der Waals surface area (Å²) in [6.07, 6.45) is 1.41. The van der Waals surface area contributed by atoms with Crippen LogP contribution in [-0.4, -0.2) is 27.7 Å². The van der Waals surface area contributed by atoms with Gasteiger partial charge in [0, 0.05) is 19.0 Å². The van der Waals surface area contributed by atoms with E-state index in [-0.39, 0.29) is 12.0 Å². The van der Waals surface area contributed by atoms with Gasteiger partial charge in [0.2, 0.25) is 0 Å². The van der Waals surface area contributed by atoms with Crippen LogP contribution in [0.4, 0.5) is 11.6 Å². The van der Waals surface area contributed by atoms with Crippen molar-refractivity contribution >= 4 is 11.6 Å². The van der Waals surface area contributed by atoms with E-state index in [1.54, 1.807) is 6.07 Å². The molecule has 0 fully saturated rings. The van der Waals surface area contributed by atoms with E-state index in [0.29, 0.717) is 18.2 Å². The van der Waals surface area contributed by atoms with Gasteiger partial charge in [-0.3, -0.25) is 0 Å². The second-order valence-electron chi connectivity index (χ2n) is 4.54. The molecule has 0 aromatic carbocycles. The number of aryl methyl sites for hydroxylation is 1. The van der Waals surface area contributed by atoms with Crippen LogP contribution in [-0.2, 0) is 6.42 Å². The number of aliphatic hydroxyl groups is 1. The molecule has 0 aliphatic heterocycles. The molecular formula is C12H22N4O. The first-order valence-corrected chi connectivity index (χ1v) is 6.08. The highest BCUT2D eigenvalue weighted by atomic mass is 16.3. The fraction of sp³-hybridized carbons (Fsp3) is 0.667. The third-order valence-electron chi connectivity index (χ3n) is 2.53. The lowest BCUT2D eigenvalue weighted by Crippen LogP contribution is -2.25. The Hall–Kier alpha value is -1.36. The van der Waals surface area contributed by atoms with Gasteiger partial charge in [0.05, 0.1) is 6.10 Å². The third-order valence-corrected chi connectivity index (χ3v) is 2.53. The molecular weight excluding hydrogens is 216 g/mol. The van der Waals surface area contributed by atoms with Gasteiger partial charge in [-0.2, -0.15) is 0 Å². The molecule has 0 saturated carbocycles. The number of nitrogens with zero attached hydrogens (tertiary/aromatic N) is 2. The molecule has 1 unspecified atom stereocenters. The molecule has 0 bridgehead atoms. The van der Waals surface area contributed by atoms with E-state index in [1.165, 1.54) is 0 Å². The zero-order valence-corrected chi connectivity index (χ0v) is 10.8. The second-order valence-corrected chi connectivity index (χ2v) is 4.54. The molecule has 1 aromatic rings. The molecule has 96 valence electrons. The lowest BCUT2D eigenvalue weighted by molar-refractivity contribution is 0.138. The van der Waals surface area contributed by atoms with Gasteiger partial charge in [-0.25, -0.2) is 9.97 Å². The van der Waals surface area contributed by atoms with Crippen molar-refractivity contribution in [3.05, 3.63) is 11.9 Å². The van der Waals surface area contributed by atoms with Crippen LogP contribution in [0.1, 0.15) is 33.0 Å². The molecule has 0 radical (unpaired) electrons. The standard InChI is InChI=1S/C12H22N4O/c1-4-5-11-15-10(13)6-12(16-11)14-7-9(17)8(2)3/h6,8-9,17H,4-5,7H2,1-3H3,(H3,13,14,15,16). The molecule has 17 heavy (non-hydrogen) atoms. The van der Waals surface area contributed by atoms with Crippen molar-refractivity contribution in [2.45, 2.75) is 39.7 Å². The van der Waals surface area contributed by atoms with E-state index in [2.05, 4.69) is 22.2 Å². The van der Waals surface area contributed by atoms with Crippen LogP contribution >= 0.6 is 0 Å². The van der Waals surface area contributed by atoms with Crippen molar-refractivity contribution < 1.29 is 5.11 Å². The van der Waals surface area contributed by atoms with Gasteiger partial charge < -0.3 is 16.2 Å². The van der Waals surface area contributed by atoms with Gasteiger partial charge in [-0.05, 0) is 12.3 Å². The summed E-state index contributed by atoms with van der Waals surface area (Å²) in [5.41, 5.74) is 5.70. The van der Waals surface area contributed by atoms with Crippen molar-refractivity contribution in [3.63, 3.8) is 0 Å². The van der Waals surface area contributed by atoms with Crippen LogP contribution in [0.25, 0.3) is 0 Å². The molecule has 1 heterocycles. The van der Waals surface area contributed by atoms with Crippen molar-refractivity contribution in [1.29, 1.82) is 0 Å². The van der Waals surface area contributed by atoms with E-state index in [0.717, 1.165) is 18.7 Å². The molecule has 0 aliphatic rings. The van der Waals surface area contributed by atoms with Crippen LogP contribution in [0.3, 0.4) is 0 Å². The van der Waals surface area contributed by atoms with Crippen LogP contribution < -0.4 is 11.1 Å². The minimum absolute atomic E-state index is 0.219. The molecule has 5 nitrogen and oxygen atoms in total. The van der Waals surface area contributed by atoms with Gasteiger partial charge in [0.1, 0.15) is 17.5 Å². The first-order valence-electron chi connectivity index (χ1n) is 6.08. The Kier molecular flexibility index (Phi) is 5.15. The lowest BCUT2D eigenvalue weighted by Gasteiger charge is -2.15. The van der Waals surface area contributed by atoms with Crippen LogP contribution in [0.5, 0.6) is 0 Å². The SMILES string of the molecule is CCCc1nc(N)cc(NCC(O)C(C)C)n1. The lowest BCUT2D eigenvalue weighted by atomic mass is 10.1. The minimum Gasteiger partial charge on any atom is -0.391 e. The zero-order valence-electron chi connectivity index (χ0n) is 10.8. The molecule has 4 N–H and O–H groups in total. The summed E-state index contributed by atoms with van der Waals surface area (Å²) < 4.78 is 0. The Morgan fingerprint density at radius 3 is 2.71 bits per heavy atom. The second kappa shape index (κ2) is 6.39. The Morgan fingerprint density at radius 1 is 1.41 bits per heavy atom. The van der Waals surface area contributed by atoms with Crippen molar-refractivity contribution in [2.24, 2.45) is 5.92 Å². The van der Waals surface area contributed by atoms with Gasteiger partial charge >= 0.3 is 0 Å². The van der Waals surface area contributed by atoms with E-state index in [9.17, 15) is 5.11 Å². The van der Waals surface area contributed by atoms with Crippen molar-refractivity contribution in [1.82, 2.24) is 9.97 Å². The highest BCUT2D eigenvalue weighted by Gasteiger charge is 2.09. The topological polar surface area (TPSA) is 84.1 Å². The van der Waals surface area contributed by atoms with E-state index in [4.69, 9.17) is 5.73 Å². The smallest absolute Gasteiger partial charge is 0.133 e. The van der Waals surface area contributed by atoms with Gasteiger partial charge in [0.25, 0.3) is 0 Å². The fourth-order valence-electron chi connectivity index (χ4n) is 1.39. The van der Waals surface area contributed by atoms with Crippen molar-refractivity contribution in [2.75, 3.05) is 17.6 Å². The molecule has 0 saturated heterocycles. The predicted molar refractivity (Wildman–Crippen MR) is 69.8 cm³/mol. The quantitative estimate of drug-likeness (QED) is 0.698. The number of hydrogen-bond acceptors (Lipinski definition) is 5. The molecule has 0 spiro atoms. The average molecular weight is 238 g/mol. The Morgan fingerprint density at radius 2 is 2.12 bits per heavy atom. The highest BCUT2D eigenvalue weighted by molar-refractivity contribution is 5.44. The molecule has 5 heteroatoms. The molecule has 0 aliphatic carbocycles. The summed E-state index contributed by atoms with van der Waals surface area (Å²) in [5.74, 6) is 2.11. The van der Waals surface area contributed by atoms with E-state index in [1.807, 2.05) is 13.8 Å². The molecule has 1 aromatic heterocycles. The number of anilines is 2. The van der Waals surface area contributed by atoms with Crippen LogP contribution in [0.2, 0.25) is 0 Å². The largest absolute Gasteiger partial charge is 0.391 e. The number of aromatic nitrogens is 2. The minimum atomic E-state index is -0.388. The summed E-state index contributed by atoms with van der Waals surface area (Å²) in [6, 6.07) is 1.69. The third kappa shape index (κ3) is 4.56. The Balaban J connectivity index is 2.64. The number of aliphatic hydroxyl groups excluding tert-OH is 1. The summed E-state index contributed by atoms with van der Waals surface area (Å²) in [5, 5.41) is 12.8. The van der Waals surface area contributed by atoms with Crippen molar-refractivity contribution in [3.8, 4) is 0 Å². The first kappa shape index (κ1) is 13.7. The van der Waals surface area contributed by atoms with Gasteiger partial charge in [0.15, 0.2) is 0 Å². The monoisotopic (exact) mass is 238 g/mol. The normalized spacial score (nSPS) is 12.8. The molecule has 1 rings (SSSR count). The number of nitrogens with one attached hydrogen (secondary N) is 1. The molecule has 0 amide bonds. The zero-order chi connectivity index (χ0) is 12.8. The van der Waals surface area contributed by atoms with E-state index < -0.39 is 0 Å². The number of nitrogens with two attached hydrogens (primary N) is 1. The maximum atomic E-state index is 9.69. The number of rotatable bonds is 6. The van der Waals surface area contributed by atoms with Gasteiger partial charge in [-0.1, -0.05) is 20.8 Å². The first-order chi connectivity index (χ1) is 8.02. The summed E-state index contributed by atoms with van der Waals surface area (Å²) in [6.45, 7) is 6.49. The van der Waals surface area contributed by atoms with Gasteiger partial charge in [-0.15, -0.1) is 0 Å². The number of nitrogen functional groups attached to an aromatic ring is 1. The Labute approximate surface area is 102 Å². The maximum Gasteiger partial charge on any atom is 0.133 e. The average Bonchev–Trinajstić information content (AvgIpc) is 2.25. The fourth-order valence-corrected chi connectivity index (χ4v) is 1.39. The summed E-state index contributed by atoms with van der Waals surface area (Å²) in [4.78, 5) is 8.49. The number of hydrogen-bond donors (Lipinski definition) is 3. The Bertz CT molecular complexity index is 354. The highest BCUT2D eigenvalue weighted by Crippen LogP contribution is 2.10. The van der Waals surface area contributed by atoms with Crippen LogP contribution in [0.15, 0.2) is 6.07 Å². The predicted octanol–water partition coefficient (Wildman–Crippen LogP) is 1.44. The summed E-state index contributed by atoms with van der Waals surface area (Å²) in [7, 11) is 0.